The summed E-state index contributed by atoms with van der Waals surface area (Å²) in [6.45, 7) is 6.37. The van der Waals surface area contributed by atoms with Crippen molar-refractivity contribution < 1.29 is 14.3 Å². The maximum absolute atomic E-state index is 12.7. The highest BCUT2D eigenvalue weighted by Crippen LogP contribution is 2.18. The van der Waals surface area contributed by atoms with Gasteiger partial charge in [0, 0.05) is 18.4 Å². The molecule has 0 aliphatic heterocycles. The van der Waals surface area contributed by atoms with Crippen molar-refractivity contribution in [1.29, 1.82) is 0 Å². The van der Waals surface area contributed by atoms with Crippen LogP contribution in [0.2, 0.25) is 0 Å². The number of nitrogens with one attached hydrogen (secondary N) is 2. The second-order valence-corrected chi connectivity index (χ2v) is 5.65. The van der Waals surface area contributed by atoms with E-state index >= 15 is 0 Å². The van der Waals surface area contributed by atoms with Crippen molar-refractivity contribution in [2.75, 3.05) is 18.5 Å². The van der Waals surface area contributed by atoms with Crippen molar-refractivity contribution in [2.45, 2.75) is 6.92 Å². The van der Waals surface area contributed by atoms with E-state index in [0.29, 0.717) is 24.4 Å². The largest absolute Gasteiger partial charge is 0.494 e. The summed E-state index contributed by atoms with van der Waals surface area (Å²) in [6.07, 6.45) is 3.27. The van der Waals surface area contributed by atoms with Crippen LogP contribution in [0.5, 0.6) is 5.75 Å². The first-order chi connectivity index (χ1) is 13.1. The minimum atomic E-state index is -0.414. The Labute approximate surface area is 156 Å². The van der Waals surface area contributed by atoms with Crippen LogP contribution in [0.4, 0.5) is 5.69 Å². The van der Waals surface area contributed by atoms with E-state index < -0.39 is 5.91 Å². The zero-order chi connectivity index (χ0) is 19.2. The van der Waals surface area contributed by atoms with Gasteiger partial charge in [0.1, 0.15) is 5.75 Å². The normalized spacial score (nSPS) is 10.4. The molecule has 2 heterocycles. The lowest BCUT2D eigenvalue weighted by atomic mass is 10.3. The number of nitrogens with zero attached hydrogens (tertiary/aromatic N) is 2. The molecule has 2 amide bonds. The second kappa shape index (κ2) is 8.18. The van der Waals surface area contributed by atoms with E-state index in [1.165, 1.54) is 0 Å². The molecule has 0 aliphatic rings. The molecule has 0 fully saturated rings. The molecule has 0 atom stereocenters. The molecule has 2 aromatic heterocycles. The van der Waals surface area contributed by atoms with E-state index in [-0.39, 0.29) is 17.4 Å². The molecule has 3 aromatic rings. The Morgan fingerprint density at radius 3 is 2.67 bits per heavy atom. The van der Waals surface area contributed by atoms with Gasteiger partial charge in [0.05, 0.1) is 12.1 Å². The highest BCUT2D eigenvalue weighted by atomic mass is 16.5. The number of hydrogen-bond donors (Lipinski definition) is 2. The molecule has 0 aliphatic carbocycles. The minimum absolute atomic E-state index is 0.128. The van der Waals surface area contributed by atoms with Gasteiger partial charge in [-0.25, -0.2) is 4.98 Å². The summed E-state index contributed by atoms with van der Waals surface area (Å²) < 4.78 is 6.98. The van der Waals surface area contributed by atoms with Gasteiger partial charge in [-0.15, -0.1) is 6.58 Å². The summed E-state index contributed by atoms with van der Waals surface area (Å²) >= 11 is 0. The van der Waals surface area contributed by atoms with E-state index in [1.54, 1.807) is 59.1 Å². The number of anilines is 1. The number of carbonyl (C=O) groups excluding carboxylic acids is 2. The summed E-state index contributed by atoms with van der Waals surface area (Å²) in [7, 11) is 0. The fraction of sp³-hybridized carbons (Fsp3) is 0.150. The summed E-state index contributed by atoms with van der Waals surface area (Å²) in [5.41, 5.74) is 1.35. The summed E-state index contributed by atoms with van der Waals surface area (Å²) in [6, 6.07) is 12.3. The van der Waals surface area contributed by atoms with Crippen LogP contribution in [-0.2, 0) is 0 Å². The molecular formula is C20H20N4O3. The first-order valence-corrected chi connectivity index (χ1v) is 8.54. The number of ether oxygens (including phenoxy) is 1. The van der Waals surface area contributed by atoms with Crippen molar-refractivity contribution >= 4 is 23.0 Å². The Kier molecular flexibility index (Phi) is 5.51. The van der Waals surface area contributed by atoms with Gasteiger partial charge >= 0.3 is 0 Å². The quantitative estimate of drug-likeness (QED) is 0.631. The zero-order valence-electron chi connectivity index (χ0n) is 14.9. The molecule has 0 saturated carbocycles. The third-order valence-corrected chi connectivity index (χ3v) is 3.80. The third kappa shape index (κ3) is 3.98. The van der Waals surface area contributed by atoms with Crippen LogP contribution < -0.4 is 15.4 Å². The van der Waals surface area contributed by atoms with Crippen LogP contribution >= 0.6 is 0 Å². The Bertz CT molecular complexity index is 977. The molecule has 0 spiro atoms. The molecule has 0 unspecified atom stereocenters. The molecular weight excluding hydrogens is 344 g/mol. The van der Waals surface area contributed by atoms with Crippen LogP contribution in [0, 0.1) is 0 Å². The van der Waals surface area contributed by atoms with Gasteiger partial charge in [-0.1, -0.05) is 12.1 Å². The average molecular weight is 364 g/mol. The summed E-state index contributed by atoms with van der Waals surface area (Å²) in [5, 5.41) is 5.47. The van der Waals surface area contributed by atoms with Crippen LogP contribution in [0.25, 0.3) is 5.52 Å². The minimum Gasteiger partial charge on any atom is -0.494 e. The van der Waals surface area contributed by atoms with Crippen molar-refractivity contribution in [3.63, 3.8) is 0 Å². The Morgan fingerprint density at radius 2 is 1.96 bits per heavy atom. The lowest BCUT2D eigenvalue weighted by molar-refractivity contribution is 0.0955. The Balaban J connectivity index is 1.88. The van der Waals surface area contributed by atoms with Crippen molar-refractivity contribution in [3.05, 3.63) is 72.8 Å². The predicted molar refractivity (Wildman–Crippen MR) is 103 cm³/mol. The second-order valence-electron chi connectivity index (χ2n) is 5.65. The molecule has 27 heavy (non-hydrogen) atoms. The predicted octanol–water partition coefficient (Wildman–Crippen LogP) is 2.90. The lowest BCUT2D eigenvalue weighted by Gasteiger charge is -2.06. The molecule has 2 N–H and O–H groups in total. The van der Waals surface area contributed by atoms with Gasteiger partial charge < -0.3 is 15.4 Å². The van der Waals surface area contributed by atoms with E-state index in [2.05, 4.69) is 22.2 Å². The van der Waals surface area contributed by atoms with Gasteiger partial charge in [-0.2, -0.15) is 0 Å². The van der Waals surface area contributed by atoms with Crippen LogP contribution in [-0.4, -0.2) is 34.4 Å². The number of carbonyl (C=O) groups is 2. The zero-order valence-corrected chi connectivity index (χ0v) is 14.9. The number of aromatic nitrogens is 2. The maximum atomic E-state index is 12.7. The third-order valence-electron chi connectivity index (χ3n) is 3.80. The van der Waals surface area contributed by atoms with Crippen LogP contribution in [0.3, 0.4) is 0 Å². The Morgan fingerprint density at radius 1 is 1.19 bits per heavy atom. The first kappa shape index (κ1) is 18.2. The number of rotatable bonds is 7. The molecule has 7 heteroatoms. The highest BCUT2D eigenvalue weighted by molar-refractivity contribution is 6.06. The van der Waals surface area contributed by atoms with Crippen LogP contribution in [0.15, 0.2) is 61.3 Å². The van der Waals surface area contributed by atoms with Crippen molar-refractivity contribution in [3.8, 4) is 5.75 Å². The molecule has 0 saturated heterocycles. The van der Waals surface area contributed by atoms with Gasteiger partial charge in [0.25, 0.3) is 11.8 Å². The fourth-order valence-corrected chi connectivity index (χ4v) is 2.60. The fourth-order valence-electron chi connectivity index (χ4n) is 2.60. The molecule has 7 nitrogen and oxygen atoms in total. The van der Waals surface area contributed by atoms with Gasteiger partial charge in [0.15, 0.2) is 5.69 Å². The lowest BCUT2D eigenvalue weighted by Crippen LogP contribution is -2.24. The number of amides is 2. The molecule has 3 rings (SSSR count). The average Bonchev–Trinajstić information content (AvgIpc) is 3.08. The number of pyridine rings is 1. The van der Waals surface area contributed by atoms with Gasteiger partial charge in [0.2, 0.25) is 5.82 Å². The van der Waals surface area contributed by atoms with E-state index in [4.69, 9.17) is 4.74 Å². The van der Waals surface area contributed by atoms with Gasteiger partial charge in [-0.05, 0) is 43.3 Å². The first-order valence-electron chi connectivity index (χ1n) is 8.54. The monoisotopic (exact) mass is 364 g/mol. The number of fused-ring (bicyclic) bond motifs is 1. The SMILES string of the molecule is C=CCNC(=O)c1nc(C(=O)Nc2ccc(OCC)cc2)n2ccccc12. The molecule has 0 radical (unpaired) electrons. The molecule has 0 bridgehead atoms. The summed E-state index contributed by atoms with van der Waals surface area (Å²) in [5.74, 6) is 0.0769. The van der Waals surface area contributed by atoms with Crippen LogP contribution in [0.1, 0.15) is 28.0 Å². The number of hydrogen-bond acceptors (Lipinski definition) is 4. The summed E-state index contributed by atoms with van der Waals surface area (Å²) in [4.78, 5) is 29.3. The molecule has 138 valence electrons. The topological polar surface area (TPSA) is 84.7 Å². The van der Waals surface area contributed by atoms with Crippen molar-refractivity contribution in [1.82, 2.24) is 14.7 Å². The van der Waals surface area contributed by atoms with Gasteiger partial charge in [-0.3, -0.25) is 14.0 Å². The van der Waals surface area contributed by atoms with E-state index in [9.17, 15) is 9.59 Å². The smallest absolute Gasteiger partial charge is 0.292 e. The molecule has 1 aromatic carbocycles. The van der Waals surface area contributed by atoms with Crippen molar-refractivity contribution in [2.24, 2.45) is 0 Å². The highest BCUT2D eigenvalue weighted by Gasteiger charge is 2.21. The number of benzene rings is 1. The standard InChI is InChI=1S/C20H20N4O3/c1-3-12-21-19(25)17-16-7-5-6-13-24(16)18(23-17)20(26)22-14-8-10-15(11-9-14)27-4-2/h3,5-11,13H,1,4,12H2,2H3,(H,21,25)(H,22,26). The maximum Gasteiger partial charge on any atom is 0.292 e. The number of imidazole rings is 1. The Hall–Kier alpha value is -3.61. The van der Waals surface area contributed by atoms with E-state index in [0.717, 1.165) is 5.75 Å². The van der Waals surface area contributed by atoms with E-state index in [1.807, 2.05) is 6.92 Å².